The fourth-order valence-electron chi connectivity index (χ4n) is 3.23. The van der Waals surface area contributed by atoms with E-state index in [-0.39, 0.29) is 29.5 Å². The van der Waals surface area contributed by atoms with Crippen LogP contribution >= 0.6 is 0 Å². The summed E-state index contributed by atoms with van der Waals surface area (Å²) in [6.45, 7) is 8.29. The number of benzene rings is 1. The van der Waals surface area contributed by atoms with Crippen molar-refractivity contribution in [3.8, 4) is 0 Å². The van der Waals surface area contributed by atoms with E-state index < -0.39 is 9.84 Å². The Balaban J connectivity index is 2.08. The van der Waals surface area contributed by atoms with Crippen LogP contribution in [0.25, 0.3) is 0 Å². The van der Waals surface area contributed by atoms with Crippen molar-refractivity contribution in [1.82, 2.24) is 4.90 Å². The Bertz CT molecular complexity index is 665. The molecule has 1 amide bonds. The van der Waals surface area contributed by atoms with Crippen LogP contribution in [0.1, 0.15) is 31.4 Å². The van der Waals surface area contributed by atoms with Crippen molar-refractivity contribution >= 4 is 21.4 Å². The van der Waals surface area contributed by atoms with Gasteiger partial charge in [-0.15, -0.1) is 0 Å². The van der Waals surface area contributed by atoms with E-state index in [1.54, 1.807) is 4.90 Å². The maximum atomic E-state index is 12.7. The predicted molar refractivity (Wildman–Crippen MR) is 93.4 cm³/mol. The summed E-state index contributed by atoms with van der Waals surface area (Å²) in [6, 6.07) is 5.51. The average molecular weight is 338 g/mol. The average Bonchev–Trinajstić information content (AvgIpc) is 2.78. The topological polar surface area (TPSA) is 66.5 Å². The highest BCUT2D eigenvalue weighted by Crippen LogP contribution is 2.20. The Kier molecular flexibility index (Phi) is 5.34. The van der Waals surface area contributed by atoms with Gasteiger partial charge in [-0.05, 0) is 57.4 Å². The van der Waals surface area contributed by atoms with Crippen molar-refractivity contribution in [2.24, 2.45) is 0 Å². The predicted octanol–water partition coefficient (Wildman–Crippen LogP) is 2.14. The van der Waals surface area contributed by atoms with E-state index in [0.29, 0.717) is 13.0 Å². The first kappa shape index (κ1) is 17.8. The molecule has 1 aromatic carbocycles. The van der Waals surface area contributed by atoms with Crippen molar-refractivity contribution in [2.45, 2.75) is 46.2 Å². The van der Waals surface area contributed by atoms with Gasteiger partial charge < -0.3 is 10.2 Å². The molecular formula is C17H26N2O3S. The Morgan fingerprint density at radius 1 is 1.30 bits per heavy atom. The zero-order valence-corrected chi connectivity index (χ0v) is 15.1. The van der Waals surface area contributed by atoms with Crippen LogP contribution in [-0.4, -0.2) is 49.4 Å². The summed E-state index contributed by atoms with van der Waals surface area (Å²) in [5, 5.41) is 3.24. The highest BCUT2D eigenvalue weighted by molar-refractivity contribution is 7.91. The molecule has 0 spiro atoms. The van der Waals surface area contributed by atoms with Crippen LogP contribution in [0, 0.1) is 13.8 Å². The monoisotopic (exact) mass is 338 g/mol. The zero-order chi connectivity index (χ0) is 17.2. The Hall–Kier alpha value is -1.56. The van der Waals surface area contributed by atoms with Gasteiger partial charge in [0, 0.05) is 18.3 Å². The van der Waals surface area contributed by atoms with Crippen LogP contribution in [0.3, 0.4) is 0 Å². The molecule has 0 aliphatic carbocycles. The van der Waals surface area contributed by atoms with Gasteiger partial charge >= 0.3 is 0 Å². The zero-order valence-electron chi connectivity index (χ0n) is 14.3. The summed E-state index contributed by atoms with van der Waals surface area (Å²) in [5.41, 5.74) is 3.20. The Morgan fingerprint density at radius 2 is 1.91 bits per heavy atom. The minimum atomic E-state index is -2.99. The molecule has 1 heterocycles. The molecule has 0 radical (unpaired) electrons. The number of sulfone groups is 1. The van der Waals surface area contributed by atoms with Crippen molar-refractivity contribution in [1.29, 1.82) is 0 Å². The quantitative estimate of drug-likeness (QED) is 0.893. The summed E-state index contributed by atoms with van der Waals surface area (Å²) in [4.78, 5) is 14.4. The second-order valence-corrected chi connectivity index (χ2v) is 8.65. The van der Waals surface area contributed by atoms with Gasteiger partial charge in [0.2, 0.25) is 5.91 Å². The largest absolute Gasteiger partial charge is 0.374 e. The van der Waals surface area contributed by atoms with Crippen LogP contribution in [0.2, 0.25) is 0 Å². The van der Waals surface area contributed by atoms with Crippen molar-refractivity contribution in [3.63, 3.8) is 0 Å². The lowest BCUT2D eigenvalue weighted by atomic mass is 10.1. The van der Waals surface area contributed by atoms with Crippen LogP contribution in [0.15, 0.2) is 18.2 Å². The van der Waals surface area contributed by atoms with Gasteiger partial charge in [-0.3, -0.25) is 4.79 Å². The molecular weight excluding hydrogens is 312 g/mol. The molecule has 0 bridgehead atoms. The number of anilines is 1. The third-order valence-corrected chi connectivity index (χ3v) is 6.00. The molecule has 1 saturated heterocycles. The molecule has 2 rings (SSSR count). The molecule has 6 heteroatoms. The summed E-state index contributed by atoms with van der Waals surface area (Å²) < 4.78 is 23.3. The molecule has 1 N–H and O–H groups in total. The molecule has 1 aromatic rings. The molecule has 1 aliphatic rings. The number of nitrogens with one attached hydrogen (secondary N) is 1. The SMILES string of the molecule is CCN(C(=O)C(C)Nc1cc(C)cc(C)c1)C1CCS(=O)(=O)C1. The number of rotatable bonds is 5. The first-order valence-electron chi connectivity index (χ1n) is 8.07. The molecule has 128 valence electrons. The molecule has 1 aliphatic heterocycles. The van der Waals surface area contributed by atoms with Crippen LogP contribution < -0.4 is 5.32 Å². The minimum absolute atomic E-state index is 0.0474. The third kappa shape index (κ3) is 4.47. The number of amides is 1. The number of aryl methyl sites for hydroxylation is 2. The molecule has 0 saturated carbocycles. The molecule has 23 heavy (non-hydrogen) atoms. The van der Waals surface area contributed by atoms with Gasteiger partial charge in [-0.1, -0.05) is 6.07 Å². The highest BCUT2D eigenvalue weighted by Gasteiger charge is 2.35. The van der Waals surface area contributed by atoms with E-state index in [2.05, 4.69) is 11.4 Å². The van der Waals surface area contributed by atoms with Crippen molar-refractivity contribution < 1.29 is 13.2 Å². The molecule has 5 nitrogen and oxygen atoms in total. The summed E-state index contributed by atoms with van der Waals surface area (Å²) >= 11 is 0. The summed E-state index contributed by atoms with van der Waals surface area (Å²) in [5.74, 6) is 0.220. The number of carbonyl (C=O) groups excluding carboxylic acids is 1. The first-order valence-corrected chi connectivity index (χ1v) is 9.89. The van der Waals surface area contributed by atoms with E-state index in [1.165, 1.54) is 0 Å². The first-order chi connectivity index (χ1) is 10.7. The Labute approximate surface area is 139 Å². The van der Waals surface area contributed by atoms with Gasteiger partial charge in [-0.25, -0.2) is 8.42 Å². The number of hydrogen-bond acceptors (Lipinski definition) is 4. The molecule has 0 aromatic heterocycles. The lowest BCUT2D eigenvalue weighted by molar-refractivity contribution is -0.133. The third-order valence-electron chi connectivity index (χ3n) is 4.25. The number of nitrogens with zero attached hydrogens (tertiary/aromatic N) is 1. The van der Waals surface area contributed by atoms with Gasteiger partial charge in [0.15, 0.2) is 9.84 Å². The maximum absolute atomic E-state index is 12.7. The van der Waals surface area contributed by atoms with Crippen LogP contribution in [0.5, 0.6) is 0 Å². The van der Waals surface area contributed by atoms with E-state index in [0.717, 1.165) is 16.8 Å². The molecule has 2 atom stereocenters. The van der Waals surface area contributed by atoms with Crippen LogP contribution in [0.4, 0.5) is 5.69 Å². The molecule has 1 fully saturated rings. The summed E-state index contributed by atoms with van der Waals surface area (Å²) in [6.07, 6.45) is 0.540. The van der Waals surface area contributed by atoms with E-state index >= 15 is 0 Å². The molecule has 2 unspecified atom stereocenters. The van der Waals surface area contributed by atoms with Crippen molar-refractivity contribution in [3.05, 3.63) is 29.3 Å². The summed E-state index contributed by atoms with van der Waals surface area (Å²) in [7, 11) is -2.99. The minimum Gasteiger partial charge on any atom is -0.374 e. The van der Waals surface area contributed by atoms with E-state index in [4.69, 9.17) is 0 Å². The second kappa shape index (κ2) is 6.91. The van der Waals surface area contributed by atoms with Gasteiger partial charge in [0.05, 0.1) is 11.5 Å². The normalized spacial score (nSPS) is 21.0. The standard InChI is InChI=1S/C17H26N2O3S/c1-5-19(16-6-7-23(21,22)11-16)17(20)14(4)18-15-9-12(2)8-13(3)10-15/h8-10,14,16,18H,5-7,11H2,1-4H3. The van der Waals surface area contributed by atoms with E-state index in [1.807, 2.05) is 39.8 Å². The lowest BCUT2D eigenvalue weighted by Crippen LogP contribution is -2.47. The highest BCUT2D eigenvalue weighted by atomic mass is 32.2. The van der Waals surface area contributed by atoms with Crippen LogP contribution in [-0.2, 0) is 14.6 Å². The lowest BCUT2D eigenvalue weighted by Gasteiger charge is -2.30. The number of carbonyl (C=O) groups is 1. The van der Waals surface area contributed by atoms with Gasteiger partial charge in [-0.2, -0.15) is 0 Å². The maximum Gasteiger partial charge on any atom is 0.245 e. The smallest absolute Gasteiger partial charge is 0.245 e. The fourth-order valence-corrected chi connectivity index (χ4v) is 4.96. The Morgan fingerprint density at radius 3 is 2.39 bits per heavy atom. The second-order valence-electron chi connectivity index (χ2n) is 6.42. The fraction of sp³-hybridized carbons (Fsp3) is 0.588. The number of hydrogen-bond donors (Lipinski definition) is 1. The van der Waals surface area contributed by atoms with Gasteiger partial charge in [0.25, 0.3) is 0 Å². The van der Waals surface area contributed by atoms with Gasteiger partial charge in [0.1, 0.15) is 6.04 Å². The van der Waals surface area contributed by atoms with Crippen molar-refractivity contribution in [2.75, 3.05) is 23.4 Å². The number of likely N-dealkylation sites (N-methyl/N-ethyl adjacent to an activating group) is 1. The van der Waals surface area contributed by atoms with E-state index in [9.17, 15) is 13.2 Å².